The molecule has 0 bridgehead atoms. The van der Waals surface area contributed by atoms with Crippen molar-refractivity contribution in [2.24, 2.45) is 0 Å². The van der Waals surface area contributed by atoms with Crippen LogP contribution >= 0.6 is 0 Å². The summed E-state index contributed by atoms with van der Waals surface area (Å²) in [6.07, 6.45) is -5.04. The molecule has 0 N–H and O–H groups in total. The molecule has 6 nitrogen and oxygen atoms in total. The number of para-hydroxylation sites is 1. The molecule has 0 unspecified atom stereocenters. The first-order valence-corrected chi connectivity index (χ1v) is 8.80. The van der Waals surface area contributed by atoms with Gasteiger partial charge in [0, 0.05) is 24.8 Å². The highest BCUT2D eigenvalue weighted by molar-refractivity contribution is 5.92. The van der Waals surface area contributed by atoms with E-state index in [1.54, 1.807) is 13.8 Å². The first kappa shape index (κ1) is 20.1. The van der Waals surface area contributed by atoms with Crippen LogP contribution in [0.2, 0.25) is 0 Å². The predicted molar refractivity (Wildman–Crippen MR) is 95.5 cm³/mol. The average Bonchev–Trinajstić information content (AvgIpc) is 2.60. The lowest BCUT2D eigenvalue weighted by molar-refractivity contribution is -0.137. The van der Waals surface area contributed by atoms with Gasteiger partial charge in [0.2, 0.25) is 5.43 Å². The van der Waals surface area contributed by atoms with Crippen molar-refractivity contribution in [1.82, 2.24) is 14.7 Å². The molecule has 9 heteroatoms. The second-order valence-electron chi connectivity index (χ2n) is 6.89. The molecular weight excluding hydrogens is 375 g/mol. The highest BCUT2D eigenvalue weighted by Crippen LogP contribution is 2.33. The van der Waals surface area contributed by atoms with Gasteiger partial charge in [0.1, 0.15) is 0 Å². The van der Waals surface area contributed by atoms with Gasteiger partial charge in [-0.05, 0) is 32.9 Å². The van der Waals surface area contributed by atoms with Gasteiger partial charge in [0.05, 0.1) is 23.5 Å². The predicted octanol–water partition coefficient (Wildman–Crippen LogP) is 2.81. The molecule has 0 spiro atoms. The summed E-state index contributed by atoms with van der Waals surface area (Å²) in [5.41, 5.74) is -1.99. The van der Waals surface area contributed by atoms with Crippen molar-refractivity contribution in [1.29, 1.82) is 0 Å². The summed E-state index contributed by atoms with van der Waals surface area (Å²) in [6.45, 7) is 5.62. The molecule has 1 aliphatic rings. The zero-order valence-corrected chi connectivity index (χ0v) is 15.7. The van der Waals surface area contributed by atoms with E-state index < -0.39 is 28.8 Å². The van der Waals surface area contributed by atoms with E-state index >= 15 is 0 Å². The first-order valence-electron chi connectivity index (χ1n) is 8.80. The van der Waals surface area contributed by atoms with Crippen LogP contribution in [0.15, 0.2) is 35.1 Å². The van der Waals surface area contributed by atoms with E-state index in [1.807, 2.05) is 0 Å². The SMILES string of the molecule is Cc1cc(=O)c(C(=O)N2C[C@@H](C)O[C@H](C)C2)nn1-c1ccccc1C(F)(F)F. The number of amides is 1. The van der Waals surface area contributed by atoms with Crippen LogP contribution in [0.5, 0.6) is 0 Å². The smallest absolute Gasteiger partial charge is 0.372 e. The minimum Gasteiger partial charge on any atom is -0.372 e. The van der Waals surface area contributed by atoms with E-state index in [4.69, 9.17) is 4.74 Å². The van der Waals surface area contributed by atoms with E-state index in [9.17, 15) is 22.8 Å². The highest BCUT2D eigenvalue weighted by Gasteiger charge is 2.35. The molecular formula is C19H20F3N3O3. The number of halogens is 3. The van der Waals surface area contributed by atoms with Crippen molar-refractivity contribution >= 4 is 5.91 Å². The summed E-state index contributed by atoms with van der Waals surface area (Å²) in [7, 11) is 0. The van der Waals surface area contributed by atoms with Gasteiger partial charge in [-0.2, -0.15) is 18.3 Å². The van der Waals surface area contributed by atoms with Crippen LogP contribution in [0.4, 0.5) is 13.2 Å². The minimum absolute atomic E-state index is 0.196. The van der Waals surface area contributed by atoms with Crippen molar-refractivity contribution in [3.8, 4) is 5.69 Å². The third-order valence-corrected chi connectivity index (χ3v) is 4.45. The monoisotopic (exact) mass is 395 g/mol. The maximum absolute atomic E-state index is 13.4. The summed E-state index contributed by atoms with van der Waals surface area (Å²) in [4.78, 5) is 26.7. The molecule has 1 aliphatic heterocycles. The molecule has 1 amide bonds. The van der Waals surface area contributed by atoms with Crippen LogP contribution < -0.4 is 5.43 Å². The number of morpholine rings is 1. The van der Waals surface area contributed by atoms with Gasteiger partial charge in [0.15, 0.2) is 5.69 Å². The normalized spacial score (nSPS) is 20.3. The summed E-state index contributed by atoms with van der Waals surface area (Å²) in [5.74, 6) is -0.620. The minimum atomic E-state index is -4.60. The van der Waals surface area contributed by atoms with Crippen LogP contribution in [-0.4, -0.2) is 45.9 Å². The summed E-state index contributed by atoms with van der Waals surface area (Å²) in [6, 6.07) is 6.02. The largest absolute Gasteiger partial charge is 0.418 e. The van der Waals surface area contributed by atoms with Gasteiger partial charge in [0.25, 0.3) is 5.91 Å². The van der Waals surface area contributed by atoms with Crippen molar-refractivity contribution in [3.63, 3.8) is 0 Å². The lowest BCUT2D eigenvalue weighted by atomic mass is 10.1. The number of rotatable bonds is 2. The van der Waals surface area contributed by atoms with Gasteiger partial charge in [-0.1, -0.05) is 12.1 Å². The maximum Gasteiger partial charge on any atom is 0.418 e. The lowest BCUT2D eigenvalue weighted by Crippen LogP contribution is -2.49. The highest BCUT2D eigenvalue weighted by atomic mass is 19.4. The van der Waals surface area contributed by atoms with Crippen molar-refractivity contribution < 1.29 is 22.7 Å². The zero-order chi connectivity index (χ0) is 20.6. The number of hydrogen-bond acceptors (Lipinski definition) is 4. The molecule has 1 aromatic carbocycles. The number of hydrogen-bond donors (Lipinski definition) is 0. The van der Waals surface area contributed by atoms with Gasteiger partial charge >= 0.3 is 6.18 Å². The molecule has 0 saturated carbocycles. The number of aromatic nitrogens is 2. The fourth-order valence-corrected chi connectivity index (χ4v) is 3.33. The topological polar surface area (TPSA) is 64.4 Å². The standard InChI is InChI=1S/C19H20F3N3O3/c1-11-8-16(26)17(18(27)24-9-12(2)28-13(3)10-24)23-25(11)15-7-5-4-6-14(15)19(20,21)22/h4-8,12-13H,9-10H2,1-3H3/t12-,13-/m1/s1. The maximum atomic E-state index is 13.4. The Morgan fingerprint density at radius 3 is 2.39 bits per heavy atom. The fraction of sp³-hybridized carbons (Fsp3) is 0.421. The number of ether oxygens (including phenoxy) is 1. The van der Waals surface area contributed by atoms with E-state index in [0.717, 1.165) is 16.8 Å². The van der Waals surface area contributed by atoms with Crippen LogP contribution in [0.3, 0.4) is 0 Å². The zero-order valence-electron chi connectivity index (χ0n) is 15.7. The van der Waals surface area contributed by atoms with E-state index in [0.29, 0.717) is 0 Å². The second kappa shape index (κ2) is 7.38. The number of alkyl halides is 3. The number of benzene rings is 1. The molecule has 3 rings (SSSR count). The molecule has 1 saturated heterocycles. The Labute approximate surface area is 159 Å². The van der Waals surface area contributed by atoms with Crippen molar-refractivity contribution in [2.75, 3.05) is 13.1 Å². The molecule has 0 radical (unpaired) electrons. The Hall–Kier alpha value is -2.68. The Morgan fingerprint density at radius 2 is 1.79 bits per heavy atom. The third kappa shape index (κ3) is 3.94. The Balaban J connectivity index is 2.08. The van der Waals surface area contributed by atoms with Gasteiger partial charge in [-0.3, -0.25) is 9.59 Å². The summed E-state index contributed by atoms with van der Waals surface area (Å²) in [5, 5.41) is 4.01. The quantitative estimate of drug-likeness (QED) is 0.785. The van der Waals surface area contributed by atoms with Gasteiger partial charge in [-0.15, -0.1) is 0 Å². The second-order valence-corrected chi connectivity index (χ2v) is 6.89. The number of carbonyl (C=O) groups is 1. The Morgan fingerprint density at radius 1 is 1.18 bits per heavy atom. The number of nitrogens with zero attached hydrogens (tertiary/aromatic N) is 3. The van der Waals surface area contributed by atoms with E-state index in [-0.39, 0.29) is 36.7 Å². The molecule has 1 fully saturated rings. The van der Waals surface area contributed by atoms with Crippen molar-refractivity contribution in [2.45, 2.75) is 39.2 Å². The Bertz CT molecular complexity index is 945. The Kier molecular flexibility index (Phi) is 5.29. The molecule has 28 heavy (non-hydrogen) atoms. The van der Waals surface area contributed by atoms with Crippen LogP contribution in [0.1, 0.15) is 35.6 Å². The fourth-order valence-electron chi connectivity index (χ4n) is 3.33. The average molecular weight is 395 g/mol. The number of aryl methyl sites for hydroxylation is 1. The van der Waals surface area contributed by atoms with Gasteiger partial charge in [-0.25, -0.2) is 4.68 Å². The van der Waals surface area contributed by atoms with Crippen molar-refractivity contribution in [3.05, 3.63) is 57.5 Å². The molecule has 0 aliphatic carbocycles. The lowest BCUT2D eigenvalue weighted by Gasteiger charge is -2.35. The van der Waals surface area contributed by atoms with Crippen LogP contribution in [0, 0.1) is 6.92 Å². The van der Waals surface area contributed by atoms with Crippen LogP contribution in [-0.2, 0) is 10.9 Å². The molecule has 2 aromatic rings. The molecule has 2 atom stereocenters. The van der Waals surface area contributed by atoms with E-state index in [2.05, 4.69) is 5.10 Å². The van der Waals surface area contributed by atoms with Crippen LogP contribution in [0.25, 0.3) is 5.69 Å². The first-order chi connectivity index (χ1) is 13.1. The molecule has 1 aromatic heterocycles. The molecule has 150 valence electrons. The van der Waals surface area contributed by atoms with Gasteiger partial charge < -0.3 is 9.64 Å². The van der Waals surface area contributed by atoms with E-state index in [1.165, 1.54) is 30.0 Å². The third-order valence-electron chi connectivity index (χ3n) is 4.45. The number of carbonyl (C=O) groups excluding carboxylic acids is 1. The summed E-state index contributed by atoms with van der Waals surface area (Å²) < 4.78 is 46.7. The summed E-state index contributed by atoms with van der Waals surface area (Å²) >= 11 is 0. The molecule has 2 heterocycles.